The summed E-state index contributed by atoms with van der Waals surface area (Å²) in [7, 11) is 0. The fourth-order valence-electron chi connectivity index (χ4n) is 3.36. The van der Waals surface area contributed by atoms with Crippen molar-refractivity contribution in [2.24, 2.45) is 5.73 Å². The van der Waals surface area contributed by atoms with Gasteiger partial charge in [-0.05, 0) is 31.2 Å². The molecule has 4 nitrogen and oxygen atoms in total. The van der Waals surface area contributed by atoms with Crippen LogP contribution in [-0.2, 0) is 11.0 Å². The minimum atomic E-state index is -0.367. The molecule has 0 aliphatic heterocycles. The van der Waals surface area contributed by atoms with E-state index in [2.05, 4.69) is 34.4 Å². The molecule has 2 fully saturated rings. The van der Waals surface area contributed by atoms with E-state index in [0.29, 0.717) is 5.82 Å². The number of nitrogens with two attached hydrogens (primary N) is 1. The Kier molecular flexibility index (Phi) is 2.51. The Morgan fingerprint density at radius 2 is 1.70 bits per heavy atom. The van der Waals surface area contributed by atoms with Crippen LogP contribution in [0.4, 0.5) is 0 Å². The highest BCUT2D eigenvalue weighted by Crippen LogP contribution is 2.53. The van der Waals surface area contributed by atoms with Gasteiger partial charge in [0.2, 0.25) is 5.89 Å². The number of hydrogen-bond acceptors (Lipinski definition) is 4. The number of hydrogen-bond donors (Lipinski definition) is 1. The van der Waals surface area contributed by atoms with Crippen molar-refractivity contribution in [1.29, 1.82) is 0 Å². The van der Waals surface area contributed by atoms with Crippen molar-refractivity contribution in [2.45, 2.75) is 49.5 Å². The van der Waals surface area contributed by atoms with Gasteiger partial charge in [-0.15, -0.1) is 0 Å². The molecule has 1 heterocycles. The van der Waals surface area contributed by atoms with Crippen LogP contribution in [0.15, 0.2) is 34.9 Å². The van der Waals surface area contributed by atoms with E-state index in [1.165, 1.54) is 5.56 Å². The van der Waals surface area contributed by atoms with E-state index in [4.69, 9.17) is 10.3 Å². The average molecular weight is 269 g/mol. The van der Waals surface area contributed by atoms with Gasteiger partial charge in [0, 0.05) is 0 Å². The van der Waals surface area contributed by atoms with Gasteiger partial charge < -0.3 is 10.3 Å². The lowest BCUT2D eigenvalue weighted by atomic mass is 9.95. The summed E-state index contributed by atoms with van der Waals surface area (Å²) in [5.74, 6) is 1.45. The second-order valence-electron chi connectivity index (χ2n) is 6.23. The first-order valence-corrected chi connectivity index (χ1v) is 7.42. The van der Waals surface area contributed by atoms with Gasteiger partial charge in [-0.2, -0.15) is 4.98 Å². The van der Waals surface area contributed by atoms with Crippen molar-refractivity contribution in [3.63, 3.8) is 0 Å². The number of benzene rings is 1. The first kappa shape index (κ1) is 12.1. The molecule has 0 spiro atoms. The number of aromatic nitrogens is 2. The van der Waals surface area contributed by atoms with Crippen LogP contribution in [0, 0.1) is 0 Å². The van der Waals surface area contributed by atoms with Crippen LogP contribution in [0.5, 0.6) is 0 Å². The summed E-state index contributed by atoms with van der Waals surface area (Å²) in [6.45, 7) is 0. The summed E-state index contributed by atoms with van der Waals surface area (Å²) in [4.78, 5) is 4.67. The molecule has 1 aromatic heterocycles. The second kappa shape index (κ2) is 4.16. The van der Waals surface area contributed by atoms with E-state index in [0.717, 1.165) is 44.4 Å². The van der Waals surface area contributed by atoms with Crippen LogP contribution >= 0.6 is 0 Å². The topological polar surface area (TPSA) is 64.9 Å². The summed E-state index contributed by atoms with van der Waals surface area (Å²) in [6.07, 6.45) is 6.40. The maximum atomic E-state index is 6.41. The summed E-state index contributed by atoms with van der Waals surface area (Å²) < 4.78 is 5.58. The van der Waals surface area contributed by atoms with Crippen molar-refractivity contribution in [3.05, 3.63) is 47.6 Å². The lowest BCUT2D eigenvalue weighted by Crippen LogP contribution is -2.34. The number of rotatable bonds is 3. The molecule has 2 saturated carbocycles. The fourth-order valence-corrected chi connectivity index (χ4v) is 3.36. The first-order valence-electron chi connectivity index (χ1n) is 7.42. The third-order valence-corrected chi connectivity index (χ3v) is 4.85. The molecule has 0 bridgehead atoms. The largest absolute Gasteiger partial charge is 0.338 e. The van der Waals surface area contributed by atoms with Crippen LogP contribution in [0.1, 0.15) is 55.8 Å². The molecular formula is C16H19N3O. The summed E-state index contributed by atoms with van der Waals surface area (Å²) in [5.41, 5.74) is 7.26. The third kappa shape index (κ3) is 1.71. The molecule has 2 aliphatic rings. The van der Waals surface area contributed by atoms with Crippen molar-refractivity contribution in [1.82, 2.24) is 10.1 Å². The Morgan fingerprint density at radius 3 is 2.35 bits per heavy atom. The van der Waals surface area contributed by atoms with Gasteiger partial charge in [0.05, 0.1) is 11.0 Å². The van der Waals surface area contributed by atoms with Crippen molar-refractivity contribution in [3.8, 4) is 0 Å². The second-order valence-corrected chi connectivity index (χ2v) is 6.23. The molecule has 2 aromatic rings. The van der Waals surface area contributed by atoms with Crippen LogP contribution in [0.25, 0.3) is 0 Å². The Labute approximate surface area is 118 Å². The van der Waals surface area contributed by atoms with Gasteiger partial charge in [-0.25, -0.2) is 0 Å². The first-order chi connectivity index (χ1) is 9.73. The summed E-state index contributed by atoms with van der Waals surface area (Å²) in [6, 6.07) is 10.4. The Morgan fingerprint density at radius 1 is 1.00 bits per heavy atom. The van der Waals surface area contributed by atoms with E-state index in [9.17, 15) is 0 Å². The molecule has 1 aromatic carbocycles. The normalized spacial score (nSPS) is 22.9. The fraction of sp³-hybridized carbons (Fsp3) is 0.500. The SMILES string of the molecule is NC1(c2noc(C3(c4ccccc4)CC3)n2)CCCC1. The van der Waals surface area contributed by atoms with Gasteiger partial charge in [0.1, 0.15) is 0 Å². The molecule has 104 valence electrons. The zero-order valence-electron chi connectivity index (χ0n) is 11.5. The van der Waals surface area contributed by atoms with Crippen LogP contribution in [-0.4, -0.2) is 10.1 Å². The van der Waals surface area contributed by atoms with Crippen molar-refractivity contribution < 1.29 is 4.52 Å². The molecule has 4 rings (SSSR count). The van der Waals surface area contributed by atoms with Crippen LogP contribution < -0.4 is 5.73 Å². The molecule has 0 saturated heterocycles. The van der Waals surface area contributed by atoms with Gasteiger partial charge in [0.25, 0.3) is 0 Å². The minimum Gasteiger partial charge on any atom is -0.338 e. The van der Waals surface area contributed by atoms with Crippen LogP contribution in [0.3, 0.4) is 0 Å². The van der Waals surface area contributed by atoms with Gasteiger partial charge >= 0.3 is 0 Å². The predicted molar refractivity (Wildman–Crippen MR) is 75.1 cm³/mol. The third-order valence-electron chi connectivity index (χ3n) is 4.85. The van der Waals surface area contributed by atoms with Gasteiger partial charge in [-0.3, -0.25) is 0 Å². The molecule has 4 heteroatoms. The molecule has 0 unspecified atom stereocenters. The Bertz CT molecular complexity index is 610. The molecule has 2 aliphatic carbocycles. The van der Waals surface area contributed by atoms with Crippen molar-refractivity contribution in [2.75, 3.05) is 0 Å². The molecule has 0 amide bonds. The summed E-state index contributed by atoms with van der Waals surface area (Å²) >= 11 is 0. The predicted octanol–water partition coefficient (Wildman–Crippen LogP) is 2.88. The van der Waals surface area contributed by atoms with E-state index in [-0.39, 0.29) is 11.0 Å². The lowest BCUT2D eigenvalue weighted by Gasteiger charge is -2.18. The van der Waals surface area contributed by atoms with E-state index >= 15 is 0 Å². The molecule has 0 atom stereocenters. The minimum absolute atomic E-state index is 0.0541. The highest BCUT2D eigenvalue weighted by Gasteiger charge is 2.51. The molecule has 0 radical (unpaired) electrons. The van der Waals surface area contributed by atoms with Gasteiger partial charge in [-0.1, -0.05) is 48.3 Å². The average Bonchev–Trinajstić information content (AvgIpc) is 2.92. The van der Waals surface area contributed by atoms with Crippen molar-refractivity contribution >= 4 is 0 Å². The standard InChI is InChI=1S/C16H19N3O/c17-16(8-4-5-9-16)13-18-14(20-19-13)15(10-11-15)12-6-2-1-3-7-12/h1-3,6-7H,4-5,8-11,17H2. The van der Waals surface area contributed by atoms with E-state index in [1.807, 2.05) is 6.07 Å². The Hall–Kier alpha value is -1.68. The van der Waals surface area contributed by atoms with E-state index < -0.39 is 0 Å². The Balaban J connectivity index is 1.69. The quantitative estimate of drug-likeness (QED) is 0.930. The van der Waals surface area contributed by atoms with Gasteiger partial charge in [0.15, 0.2) is 5.82 Å². The zero-order chi connectivity index (χ0) is 13.6. The smallest absolute Gasteiger partial charge is 0.237 e. The number of nitrogens with zero attached hydrogens (tertiary/aromatic N) is 2. The maximum Gasteiger partial charge on any atom is 0.237 e. The summed E-state index contributed by atoms with van der Waals surface area (Å²) in [5, 5.41) is 4.19. The molecular weight excluding hydrogens is 250 g/mol. The van der Waals surface area contributed by atoms with Crippen LogP contribution in [0.2, 0.25) is 0 Å². The highest BCUT2D eigenvalue weighted by molar-refractivity contribution is 5.38. The molecule has 20 heavy (non-hydrogen) atoms. The maximum absolute atomic E-state index is 6.41. The monoisotopic (exact) mass is 269 g/mol. The molecule has 2 N–H and O–H groups in total. The lowest BCUT2D eigenvalue weighted by molar-refractivity contribution is 0.337. The zero-order valence-corrected chi connectivity index (χ0v) is 11.5. The van der Waals surface area contributed by atoms with E-state index in [1.54, 1.807) is 0 Å². The highest BCUT2D eigenvalue weighted by atomic mass is 16.5.